The maximum atomic E-state index is 12.3. The lowest BCUT2D eigenvalue weighted by molar-refractivity contribution is -0.126. The van der Waals surface area contributed by atoms with Crippen molar-refractivity contribution in [2.24, 2.45) is 5.41 Å². The number of rotatable bonds is 3. The number of hydrogen-bond donors (Lipinski definition) is 0. The number of nitrogens with zero attached hydrogens (tertiary/aromatic N) is 2. The SMILES string of the molecule is CCc1cc2c(=O)n(CC(=O)C(C)(C)C)cnc2s1. The first-order chi connectivity index (χ1) is 8.82. The van der Waals surface area contributed by atoms with Crippen LogP contribution in [0.3, 0.4) is 0 Å². The van der Waals surface area contributed by atoms with Gasteiger partial charge < -0.3 is 0 Å². The van der Waals surface area contributed by atoms with Crippen LogP contribution in [0, 0.1) is 5.41 Å². The summed E-state index contributed by atoms with van der Waals surface area (Å²) in [4.78, 5) is 30.5. The number of ketones is 1. The Kier molecular flexibility index (Phi) is 3.58. The van der Waals surface area contributed by atoms with Crippen LogP contribution in [0.2, 0.25) is 0 Å². The number of carbonyl (C=O) groups excluding carboxylic acids is 1. The summed E-state index contributed by atoms with van der Waals surface area (Å²) in [6.45, 7) is 7.69. The zero-order valence-corrected chi connectivity index (χ0v) is 12.5. The molecule has 0 radical (unpaired) electrons. The van der Waals surface area contributed by atoms with Crippen molar-refractivity contribution in [2.75, 3.05) is 0 Å². The Morgan fingerprint density at radius 2 is 2.11 bits per heavy atom. The number of aryl methyl sites for hydroxylation is 1. The minimum atomic E-state index is -0.447. The van der Waals surface area contributed by atoms with Crippen molar-refractivity contribution < 1.29 is 4.79 Å². The molecule has 0 atom stereocenters. The highest BCUT2D eigenvalue weighted by Gasteiger charge is 2.22. The number of hydrogen-bond acceptors (Lipinski definition) is 4. The average molecular weight is 278 g/mol. The molecule has 0 unspecified atom stereocenters. The first-order valence-electron chi connectivity index (χ1n) is 6.34. The van der Waals surface area contributed by atoms with Gasteiger partial charge in [0.25, 0.3) is 5.56 Å². The van der Waals surface area contributed by atoms with Gasteiger partial charge in [-0.2, -0.15) is 0 Å². The summed E-state index contributed by atoms with van der Waals surface area (Å²) in [6.07, 6.45) is 2.37. The lowest BCUT2D eigenvalue weighted by Crippen LogP contribution is -2.30. The largest absolute Gasteiger partial charge is 0.297 e. The molecule has 102 valence electrons. The summed E-state index contributed by atoms with van der Waals surface area (Å²) in [7, 11) is 0. The third kappa shape index (κ3) is 2.76. The van der Waals surface area contributed by atoms with Crippen LogP contribution in [0.4, 0.5) is 0 Å². The lowest BCUT2D eigenvalue weighted by atomic mass is 9.91. The molecule has 0 aliphatic rings. The molecule has 2 rings (SSSR count). The maximum absolute atomic E-state index is 12.3. The standard InChI is InChI=1S/C14H18N2O2S/c1-5-9-6-10-12(19-9)15-8-16(13(10)18)7-11(17)14(2,3)4/h6,8H,5,7H2,1-4H3. The first-order valence-corrected chi connectivity index (χ1v) is 7.15. The number of fused-ring (bicyclic) bond motifs is 1. The van der Waals surface area contributed by atoms with Gasteiger partial charge in [0, 0.05) is 10.3 Å². The second-order valence-electron chi connectivity index (χ2n) is 5.64. The van der Waals surface area contributed by atoms with Gasteiger partial charge in [0.05, 0.1) is 18.3 Å². The second kappa shape index (κ2) is 4.89. The van der Waals surface area contributed by atoms with Crippen LogP contribution >= 0.6 is 11.3 Å². The topological polar surface area (TPSA) is 52.0 Å². The molecule has 0 aliphatic heterocycles. The van der Waals surface area contributed by atoms with Crippen LogP contribution in [0.1, 0.15) is 32.6 Å². The molecule has 2 aromatic rings. The lowest BCUT2D eigenvalue weighted by Gasteiger charge is -2.16. The fourth-order valence-electron chi connectivity index (χ4n) is 1.69. The van der Waals surface area contributed by atoms with Gasteiger partial charge in [0.1, 0.15) is 4.83 Å². The smallest absolute Gasteiger partial charge is 0.262 e. The number of aromatic nitrogens is 2. The van der Waals surface area contributed by atoms with E-state index in [0.29, 0.717) is 5.39 Å². The Morgan fingerprint density at radius 1 is 1.42 bits per heavy atom. The van der Waals surface area contributed by atoms with E-state index in [1.54, 1.807) is 0 Å². The molecule has 0 bridgehead atoms. The molecule has 5 heteroatoms. The van der Waals surface area contributed by atoms with Crippen LogP contribution in [-0.2, 0) is 17.8 Å². The molecule has 0 N–H and O–H groups in total. The van der Waals surface area contributed by atoms with E-state index in [4.69, 9.17) is 0 Å². The summed E-state index contributed by atoms with van der Waals surface area (Å²) in [6, 6.07) is 1.88. The van der Waals surface area contributed by atoms with E-state index in [0.717, 1.165) is 16.1 Å². The molecule has 0 spiro atoms. The summed E-state index contributed by atoms with van der Waals surface area (Å²) < 4.78 is 1.40. The molecular formula is C14H18N2O2S. The van der Waals surface area contributed by atoms with E-state index < -0.39 is 5.41 Å². The van der Waals surface area contributed by atoms with Gasteiger partial charge in [-0.3, -0.25) is 14.2 Å². The molecule has 0 saturated heterocycles. The second-order valence-corrected chi connectivity index (χ2v) is 6.75. The minimum absolute atomic E-state index is 0.0293. The van der Waals surface area contributed by atoms with E-state index in [-0.39, 0.29) is 17.9 Å². The minimum Gasteiger partial charge on any atom is -0.297 e. The molecule has 0 aromatic carbocycles. The van der Waals surface area contributed by atoms with E-state index in [9.17, 15) is 9.59 Å². The highest BCUT2D eigenvalue weighted by atomic mass is 32.1. The fraction of sp³-hybridized carbons (Fsp3) is 0.500. The van der Waals surface area contributed by atoms with Crippen LogP contribution < -0.4 is 5.56 Å². The first kappa shape index (κ1) is 13.9. The van der Waals surface area contributed by atoms with E-state index in [2.05, 4.69) is 4.98 Å². The van der Waals surface area contributed by atoms with Crippen LogP contribution in [-0.4, -0.2) is 15.3 Å². The van der Waals surface area contributed by atoms with E-state index in [1.165, 1.54) is 22.2 Å². The third-order valence-electron chi connectivity index (χ3n) is 3.07. The van der Waals surface area contributed by atoms with E-state index in [1.807, 2.05) is 33.8 Å². The van der Waals surface area contributed by atoms with E-state index >= 15 is 0 Å². The Balaban J connectivity index is 2.43. The fourth-order valence-corrected chi connectivity index (χ4v) is 2.61. The van der Waals surface area contributed by atoms with Gasteiger partial charge in [-0.15, -0.1) is 11.3 Å². The summed E-state index contributed by atoms with van der Waals surface area (Å²) in [5.41, 5.74) is -0.573. The quantitative estimate of drug-likeness (QED) is 0.867. The van der Waals surface area contributed by atoms with Crippen LogP contribution in [0.15, 0.2) is 17.2 Å². The zero-order valence-electron chi connectivity index (χ0n) is 11.7. The Hall–Kier alpha value is -1.49. The highest BCUT2D eigenvalue weighted by molar-refractivity contribution is 7.18. The van der Waals surface area contributed by atoms with Gasteiger partial charge in [0.15, 0.2) is 5.78 Å². The van der Waals surface area contributed by atoms with Crippen molar-refractivity contribution >= 4 is 27.3 Å². The molecule has 0 amide bonds. The van der Waals surface area contributed by atoms with Crippen molar-refractivity contribution in [2.45, 2.75) is 40.7 Å². The van der Waals surface area contributed by atoms with Crippen molar-refractivity contribution in [1.82, 2.24) is 9.55 Å². The van der Waals surface area contributed by atoms with Crippen molar-refractivity contribution in [1.29, 1.82) is 0 Å². The van der Waals surface area contributed by atoms with Crippen molar-refractivity contribution in [3.05, 3.63) is 27.6 Å². The van der Waals surface area contributed by atoms with Crippen molar-refractivity contribution in [3.8, 4) is 0 Å². The van der Waals surface area contributed by atoms with Crippen molar-refractivity contribution in [3.63, 3.8) is 0 Å². The molecule has 0 saturated carbocycles. The Labute approximate surface area is 116 Å². The zero-order chi connectivity index (χ0) is 14.2. The molecule has 2 heterocycles. The van der Waals surface area contributed by atoms with Gasteiger partial charge in [0.2, 0.25) is 0 Å². The number of Topliss-reactive ketones (excluding diaryl/α,β-unsaturated/α-hetero) is 1. The van der Waals surface area contributed by atoms with Crippen LogP contribution in [0.25, 0.3) is 10.2 Å². The monoisotopic (exact) mass is 278 g/mol. The predicted molar refractivity (Wildman–Crippen MR) is 77.7 cm³/mol. The average Bonchev–Trinajstić information content (AvgIpc) is 2.75. The highest BCUT2D eigenvalue weighted by Crippen LogP contribution is 2.21. The third-order valence-corrected chi connectivity index (χ3v) is 4.26. The summed E-state index contributed by atoms with van der Waals surface area (Å²) >= 11 is 1.54. The van der Waals surface area contributed by atoms with Gasteiger partial charge in [-0.25, -0.2) is 4.98 Å². The molecule has 19 heavy (non-hydrogen) atoms. The summed E-state index contributed by atoms with van der Waals surface area (Å²) in [5.74, 6) is 0.0293. The van der Waals surface area contributed by atoms with Gasteiger partial charge in [-0.05, 0) is 12.5 Å². The number of carbonyl (C=O) groups is 1. The normalized spacial score (nSPS) is 12.0. The summed E-state index contributed by atoms with van der Waals surface area (Å²) in [5, 5.41) is 0.617. The van der Waals surface area contributed by atoms with Gasteiger partial charge >= 0.3 is 0 Å². The Bertz CT molecular complexity index is 677. The molecule has 4 nitrogen and oxygen atoms in total. The maximum Gasteiger partial charge on any atom is 0.262 e. The molecule has 0 fully saturated rings. The number of thiophene rings is 1. The van der Waals surface area contributed by atoms with Crippen LogP contribution in [0.5, 0.6) is 0 Å². The molecular weight excluding hydrogens is 260 g/mol. The molecule has 2 aromatic heterocycles. The predicted octanol–water partition coefficient (Wildman–Crippen LogP) is 2.64. The molecule has 0 aliphatic carbocycles. The Morgan fingerprint density at radius 3 is 2.68 bits per heavy atom. The van der Waals surface area contributed by atoms with Gasteiger partial charge in [-0.1, -0.05) is 27.7 Å².